The van der Waals surface area contributed by atoms with Gasteiger partial charge in [-0.25, -0.2) is 14.4 Å². The van der Waals surface area contributed by atoms with Crippen LogP contribution in [-0.2, 0) is 6.54 Å². The van der Waals surface area contributed by atoms with Crippen LogP contribution in [0.2, 0.25) is 5.02 Å². The highest BCUT2D eigenvalue weighted by molar-refractivity contribution is 6.30. The minimum absolute atomic E-state index is 0.287. The zero-order valence-corrected chi connectivity index (χ0v) is 11.6. The van der Waals surface area contributed by atoms with Crippen LogP contribution in [0.1, 0.15) is 5.82 Å². The summed E-state index contributed by atoms with van der Waals surface area (Å²) in [6, 6.07) is 9.55. The molecule has 0 amide bonds. The van der Waals surface area contributed by atoms with Crippen LogP contribution in [0.3, 0.4) is 0 Å². The van der Waals surface area contributed by atoms with Gasteiger partial charge in [-0.15, -0.1) is 0 Å². The molecule has 2 heterocycles. The Balaban J connectivity index is 1.67. The van der Waals surface area contributed by atoms with E-state index in [1.54, 1.807) is 30.5 Å². The first kappa shape index (κ1) is 13.5. The molecular formula is C14H11ClFN5. The van der Waals surface area contributed by atoms with E-state index < -0.39 is 0 Å². The smallest absolute Gasteiger partial charge is 0.181 e. The van der Waals surface area contributed by atoms with E-state index in [-0.39, 0.29) is 5.82 Å². The van der Waals surface area contributed by atoms with Gasteiger partial charge in [-0.1, -0.05) is 11.6 Å². The van der Waals surface area contributed by atoms with Gasteiger partial charge in [0.1, 0.15) is 17.5 Å². The molecule has 0 radical (unpaired) electrons. The quantitative estimate of drug-likeness (QED) is 0.776. The highest BCUT2D eigenvalue weighted by Gasteiger charge is 2.06. The van der Waals surface area contributed by atoms with E-state index >= 15 is 0 Å². The van der Waals surface area contributed by atoms with E-state index in [0.29, 0.717) is 29.0 Å². The zero-order chi connectivity index (χ0) is 14.7. The summed E-state index contributed by atoms with van der Waals surface area (Å²) in [4.78, 5) is 8.46. The predicted molar refractivity (Wildman–Crippen MR) is 78.4 cm³/mol. The fourth-order valence-electron chi connectivity index (χ4n) is 1.76. The lowest BCUT2D eigenvalue weighted by Crippen LogP contribution is -2.02. The Morgan fingerprint density at radius 3 is 2.67 bits per heavy atom. The molecule has 0 atom stereocenters. The summed E-state index contributed by atoms with van der Waals surface area (Å²) in [6.07, 6.45) is 1.56. The van der Waals surface area contributed by atoms with Crippen molar-refractivity contribution < 1.29 is 4.39 Å². The average Bonchev–Trinajstić information content (AvgIpc) is 2.96. The lowest BCUT2D eigenvalue weighted by Gasteiger charge is -2.02. The fourth-order valence-corrected chi connectivity index (χ4v) is 1.87. The lowest BCUT2D eigenvalue weighted by molar-refractivity contribution is 0.628. The minimum atomic E-state index is -0.287. The van der Waals surface area contributed by atoms with Crippen molar-refractivity contribution in [2.75, 3.05) is 5.32 Å². The molecule has 3 aromatic rings. The molecule has 21 heavy (non-hydrogen) atoms. The number of anilines is 1. The number of halogens is 2. The second-order valence-electron chi connectivity index (χ2n) is 4.33. The fraction of sp³-hybridized carbons (Fsp3) is 0.0714. The number of nitrogens with one attached hydrogen (secondary N) is 2. The Morgan fingerprint density at radius 2 is 1.95 bits per heavy atom. The largest absolute Gasteiger partial charge is 0.363 e. The molecule has 0 aliphatic carbocycles. The third kappa shape index (κ3) is 3.35. The van der Waals surface area contributed by atoms with Crippen molar-refractivity contribution in [2.24, 2.45) is 0 Å². The minimum Gasteiger partial charge on any atom is -0.363 e. The molecule has 0 spiro atoms. The summed E-state index contributed by atoms with van der Waals surface area (Å²) < 4.78 is 12.9. The van der Waals surface area contributed by atoms with Crippen LogP contribution in [0, 0.1) is 5.82 Å². The molecule has 1 aromatic carbocycles. The first-order chi connectivity index (χ1) is 10.2. The van der Waals surface area contributed by atoms with Crippen LogP contribution in [-0.4, -0.2) is 20.2 Å². The number of hydrogen-bond donors (Lipinski definition) is 2. The molecule has 106 valence electrons. The van der Waals surface area contributed by atoms with Gasteiger partial charge in [-0.2, -0.15) is 5.10 Å². The molecule has 0 aliphatic heterocycles. The van der Waals surface area contributed by atoms with E-state index in [4.69, 9.17) is 11.6 Å². The number of benzene rings is 1. The topological polar surface area (TPSA) is 66.5 Å². The molecule has 3 rings (SSSR count). The van der Waals surface area contributed by atoms with Gasteiger partial charge in [-0.05, 0) is 36.4 Å². The van der Waals surface area contributed by atoms with Crippen LogP contribution in [0.25, 0.3) is 11.4 Å². The second-order valence-corrected chi connectivity index (χ2v) is 4.76. The van der Waals surface area contributed by atoms with Crippen molar-refractivity contribution in [2.45, 2.75) is 6.54 Å². The molecule has 2 aromatic heterocycles. The molecule has 2 N–H and O–H groups in total. The Bertz CT molecular complexity index is 724. The first-order valence-electron chi connectivity index (χ1n) is 6.23. The van der Waals surface area contributed by atoms with E-state index in [1.165, 1.54) is 12.1 Å². The number of nitrogens with zero attached hydrogens (tertiary/aromatic N) is 3. The highest BCUT2D eigenvalue weighted by Crippen LogP contribution is 2.15. The molecule has 5 nitrogen and oxygen atoms in total. The maximum Gasteiger partial charge on any atom is 0.181 e. The molecule has 0 unspecified atom stereocenters. The van der Waals surface area contributed by atoms with Gasteiger partial charge in [-0.3, -0.25) is 5.10 Å². The monoisotopic (exact) mass is 303 g/mol. The molecule has 0 aliphatic rings. The van der Waals surface area contributed by atoms with Crippen molar-refractivity contribution in [3.8, 4) is 11.4 Å². The number of hydrogen-bond acceptors (Lipinski definition) is 4. The van der Waals surface area contributed by atoms with Gasteiger partial charge in [0, 0.05) is 11.8 Å². The van der Waals surface area contributed by atoms with Crippen molar-refractivity contribution in [1.29, 1.82) is 0 Å². The maximum absolute atomic E-state index is 12.9. The van der Waals surface area contributed by atoms with Crippen LogP contribution in [0.15, 0.2) is 42.6 Å². The Morgan fingerprint density at radius 1 is 1.14 bits per heavy atom. The third-order valence-electron chi connectivity index (χ3n) is 2.80. The van der Waals surface area contributed by atoms with Gasteiger partial charge >= 0.3 is 0 Å². The van der Waals surface area contributed by atoms with Crippen LogP contribution < -0.4 is 5.32 Å². The van der Waals surface area contributed by atoms with Crippen molar-refractivity contribution in [1.82, 2.24) is 20.2 Å². The molecular weight excluding hydrogens is 293 g/mol. The number of H-pyrrole nitrogens is 1. The summed E-state index contributed by atoms with van der Waals surface area (Å²) in [7, 11) is 0. The van der Waals surface area contributed by atoms with Gasteiger partial charge in [0.15, 0.2) is 5.82 Å². The lowest BCUT2D eigenvalue weighted by atomic mass is 10.2. The molecule has 0 saturated carbocycles. The molecule has 0 saturated heterocycles. The zero-order valence-electron chi connectivity index (χ0n) is 10.8. The van der Waals surface area contributed by atoms with E-state index in [1.807, 2.05) is 0 Å². The number of pyridine rings is 1. The number of aromatic nitrogens is 4. The second kappa shape index (κ2) is 5.88. The SMILES string of the molecule is Fc1ccc(-c2n[nH]c(CNc3ccc(Cl)cn3)n2)cc1. The summed E-state index contributed by atoms with van der Waals surface area (Å²) in [5, 5.41) is 10.6. The van der Waals surface area contributed by atoms with Crippen molar-refractivity contribution >= 4 is 17.4 Å². The number of aromatic amines is 1. The van der Waals surface area contributed by atoms with Crippen molar-refractivity contribution in [3.05, 3.63) is 59.3 Å². The van der Waals surface area contributed by atoms with E-state index in [0.717, 1.165) is 5.56 Å². The highest BCUT2D eigenvalue weighted by atomic mass is 35.5. The Labute approximate surface area is 125 Å². The van der Waals surface area contributed by atoms with Gasteiger partial charge in [0.05, 0.1) is 11.6 Å². The van der Waals surface area contributed by atoms with E-state index in [2.05, 4.69) is 25.5 Å². The van der Waals surface area contributed by atoms with Crippen LogP contribution in [0.5, 0.6) is 0 Å². The van der Waals surface area contributed by atoms with Gasteiger partial charge in [0.25, 0.3) is 0 Å². The Kier molecular flexibility index (Phi) is 3.79. The maximum atomic E-state index is 12.9. The van der Waals surface area contributed by atoms with Gasteiger partial charge < -0.3 is 5.32 Å². The average molecular weight is 304 g/mol. The molecule has 0 fully saturated rings. The third-order valence-corrected chi connectivity index (χ3v) is 3.02. The van der Waals surface area contributed by atoms with E-state index in [9.17, 15) is 4.39 Å². The van der Waals surface area contributed by atoms with Crippen LogP contribution in [0.4, 0.5) is 10.2 Å². The van der Waals surface area contributed by atoms with Crippen LogP contribution >= 0.6 is 11.6 Å². The molecule has 0 bridgehead atoms. The predicted octanol–water partition coefficient (Wildman–Crippen LogP) is 3.27. The summed E-state index contributed by atoms with van der Waals surface area (Å²) in [5.41, 5.74) is 0.753. The number of rotatable bonds is 4. The summed E-state index contributed by atoms with van der Waals surface area (Å²) >= 11 is 5.77. The first-order valence-corrected chi connectivity index (χ1v) is 6.61. The van der Waals surface area contributed by atoms with Crippen molar-refractivity contribution in [3.63, 3.8) is 0 Å². The Hall–Kier alpha value is -2.47. The normalized spacial score (nSPS) is 10.6. The summed E-state index contributed by atoms with van der Waals surface area (Å²) in [6.45, 7) is 0.447. The standard InChI is InChI=1S/C14H11ClFN5/c15-10-3-6-12(17-7-10)18-8-13-19-14(21-20-13)9-1-4-11(16)5-2-9/h1-7H,8H2,(H,17,18)(H,19,20,21). The van der Waals surface area contributed by atoms with Gasteiger partial charge in [0.2, 0.25) is 0 Å². The summed E-state index contributed by atoms with van der Waals surface area (Å²) in [5.74, 6) is 1.59. The molecule has 7 heteroatoms.